The topological polar surface area (TPSA) is 55.4 Å². The van der Waals surface area contributed by atoms with Crippen LogP contribution in [0.25, 0.3) is 0 Å². The Labute approximate surface area is 323 Å². The second-order valence-electron chi connectivity index (χ2n) is 16.4. The average Bonchev–Trinajstić information content (AvgIpc) is 3.54. The van der Waals surface area contributed by atoms with Crippen LogP contribution in [0.2, 0.25) is 5.04 Å². The maximum absolute atomic E-state index is 7.24. The predicted octanol–water partition coefficient (Wildman–Crippen LogP) is 9.12. The lowest BCUT2D eigenvalue weighted by Crippen LogP contribution is -2.66. The van der Waals surface area contributed by atoms with Gasteiger partial charge in [-0.05, 0) is 45.8 Å². The first-order valence-electron chi connectivity index (χ1n) is 20.0. The van der Waals surface area contributed by atoms with Crippen LogP contribution in [0.1, 0.15) is 77.3 Å². The van der Waals surface area contributed by atoms with E-state index in [2.05, 4.69) is 137 Å². The molecule has 0 aliphatic carbocycles. The van der Waals surface area contributed by atoms with Crippen molar-refractivity contribution in [1.82, 2.24) is 0 Å². The van der Waals surface area contributed by atoms with Gasteiger partial charge in [-0.3, -0.25) is 0 Å². The minimum absolute atomic E-state index is 0.0650. The fourth-order valence-corrected chi connectivity index (χ4v) is 13.3. The largest absolute Gasteiger partial charge is 0.407 e. The average molecular weight is 747 g/mol. The molecular formula is C47H58O6Si. The minimum Gasteiger partial charge on any atom is -0.407 e. The zero-order valence-corrected chi connectivity index (χ0v) is 33.5. The molecule has 4 aromatic carbocycles. The van der Waals surface area contributed by atoms with Gasteiger partial charge in [-0.1, -0.05) is 161 Å². The van der Waals surface area contributed by atoms with E-state index in [1.54, 1.807) is 0 Å². The van der Waals surface area contributed by atoms with Crippen molar-refractivity contribution >= 4 is 18.7 Å². The molecule has 0 N–H and O–H groups in total. The molecule has 2 spiro atoms. The molecule has 6 nitrogen and oxygen atoms in total. The molecule has 2 saturated heterocycles. The zero-order valence-electron chi connectivity index (χ0n) is 32.5. The van der Waals surface area contributed by atoms with E-state index in [0.717, 1.165) is 37.7 Å². The van der Waals surface area contributed by atoms with Gasteiger partial charge in [-0.2, -0.15) is 0 Å². The third-order valence-corrected chi connectivity index (χ3v) is 16.6. The van der Waals surface area contributed by atoms with Gasteiger partial charge >= 0.3 is 0 Å². The van der Waals surface area contributed by atoms with Crippen LogP contribution in [-0.2, 0) is 41.3 Å². The maximum Gasteiger partial charge on any atom is 0.261 e. The molecule has 0 bridgehead atoms. The smallest absolute Gasteiger partial charge is 0.261 e. The summed E-state index contributed by atoms with van der Waals surface area (Å²) in [5.74, 6) is -1.33. The zero-order chi connectivity index (χ0) is 37.5. The van der Waals surface area contributed by atoms with Gasteiger partial charge in [0.05, 0.1) is 31.5 Å². The Hall–Kier alpha value is -3.40. The molecule has 0 unspecified atom stereocenters. The molecule has 3 aliphatic rings. The number of hydrogen-bond acceptors (Lipinski definition) is 6. The highest BCUT2D eigenvalue weighted by molar-refractivity contribution is 6.99. The lowest BCUT2D eigenvalue weighted by Gasteiger charge is -2.48. The van der Waals surface area contributed by atoms with Crippen LogP contribution < -0.4 is 10.4 Å². The van der Waals surface area contributed by atoms with Crippen LogP contribution in [0.5, 0.6) is 0 Å². The quantitative estimate of drug-likeness (QED) is 0.0730. The van der Waals surface area contributed by atoms with Crippen molar-refractivity contribution in [2.45, 2.75) is 114 Å². The van der Waals surface area contributed by atoms with Crippen molar-refractivity contribution in [2.75, 3.05) is 13.2 Å². The Bertz CT molecular complexity index is 1720. The molecule has 2 fully saturated rings. The van der Waals surface area contributed by atoms with Crippen molar-refractivity contribution in [1.29, 1.82) is 0 Å². The molecule has 3 heterocycles. The molecule has 4 aromatic rings. The molecule has 0 radical (unpaired) electrons. The highest BCUT2D eigenvalue weighted by Gasteiger charge is 2.58. The van der Waals surface area contributed by atoms with E-state index >= 15 is 0 Å². The van der Waals surface area contributed by atoms with Gasteiger partial charge in [-0.25, -0.2) is 0 Å². The van der Waals surface area contributed by atoms with Gasteiger partial charge in [0.1, 0.15) is 0 Å². The summed E-state index contributed by atoms with van der Waals surface area (Å²) < 4.78 is 41.1. The highest BCUT2D eigenvalue weighted by atomic mass is 28.4. The molecule has 286 valence electrons. The van der Waals surface area contributed by atoms with Crippen molar-refractivity contribution < 1.29 is 28.1 Å². The van der Waals surface area contributed by atoms with Crippen LogP contribution in [0.3, 0.4) is 0 Å². The number of benzene rings is 4. The molecule has 0 amide bonds. The lowest BCUT2D eigenvalue weighted by molar-refractivity contribution is -0.375. The molecule has 54 heavy (non-hydrogen) atoms. The van der Waals surface area contributed by atoms with Crippen LogP contribution in [0, 0.1) is 5.92 Å². The first-order valence-corrected chi connectivity index (χ1v) is 21.9. The van der Waals surface area contributed by atoms with Crippen molar-refractivity contribution in [2.24, 2.45) is 5.92 Å². The molecule has 7 rings (SSSR count). The summed E-state index contributed by atoms with van der Waals surface area (Å²) in [7, 11) is -2.64. The Morgan fingerprint density at radius 2 is 1.30 bits per heavy atom. The fourth-order valence-electron chi connectivity index (χ4n) is 8.74. The van der Waals surface area contributed by atoms with Gasteiger partial charge < -0.3 is 28.1 Å². The van der Waals surface area contributed by atoms with Crippen LogP contribution >= 0.6 is 0 Å². The van der Waals surface area contributed by atoms with Crippen LogP contribution in [0.15, 0.2) is 133 Å². The van der Waals surface area contributed by atoms with Crippen molar-refractivity contribution in [3.63, 3.8) is 0 Å². The Kier molecular flexibility index (Phi) is 12.4. The van der Waals surface area contributed by atoms with E-state index in [0.29, 0.717) is 32.8 Å². The second-order valence-corrected chi connectivity index (χ2v) is 20.7. The summed E-state index contributed by atoms with van der Waals surface area (Å²) in [6, 6.07) is 42.4. The minimum atomic E-state index is -2.64. The van der Waals surface area contributed by atoms with Gasteiger partial charge in [-0.15, -0.1) is 0 Å². The Morgan fingerprint density at radius 3 is 1.91 bits per heavy atom. The summed E-state index contributed by atoms with van der Waals surface area (Å²) in [5.41, 5.74) is 2.33. The third-order valence-electron chi connectivity index (χ3n) is 11.6. The van der Waals surface area contributed by atoms with Gasteiger partial charge in [0, 0.05) is 38.4 Å². The molecule has 0 saturated carbocycles. The fraction of sp³-hybridized carbons (Fsp3) is 0.447. The first-order chi connectivity index (χ1) is 26.2. The van der Waals surface area contributed by atoms with E-state index in [4.69, 9.17) is 28.1 Å². The highest BCUT2D eigenvalue weighted by Crippen LogP contribution is 2.52. The third kappa shape index (κ3) is 8.68. The molecule has 7 heteroatoms. The Balaban J connectivity index is 1.02. The molecule has 3 aliphatic heterocycles. The van der Waals surface area contributed by atoms with E-state index < -0.39 is 19.9 Å². The molecular weight excluding hydrogens is 689 g/mol. The van der Waals surface area contributed by atoms with E-state index in [-0.39, 0.29) is 29.3 Å². The van der Waals surface area contributed by atoms with Gasteiger partial charge in [0.15, 0.2) is 11.6 Å². The normalized spacial score (nSPS) is 27.1. The maximum atomic E-state index is 7.24. The summed E-state index contributed by atoms with van der Waals surface area (Å²) >= 11 is 0. The lowest BCUT2D eigenvalue weighted by atomic mass is 9.85. The number of hydrogen-bond donors (Lipinski definition) is 0. The monoisotopic (exact) mass is 746 g/mol. The van der Waals surface area contributed by atoms with Gasteiger partial charge in [0.2, 0.25) is 0 Å². The summed E-state index contributed by atoms with van der Waals surface area (Å²) in [5, 5.41) is 2.49. The predicted molar refractivity (Wildman–Crippen MR) is 217 cm³/mol. The van der Waals surface area contributed by atoms with E-state index in [1.807, 2.05) is 24.3 Å². The molecule has 0 aromatic heterocycles. The number of ether oxygens (including phenoxy) is 5. The van der Waals surface area contributed by atoms with Gasteiger partial charge in [0.25, 0.3) is 8.32 Å². The van der Waals surface area contributed by atoms with Crippen LogP contribution in [0.4, 0.5) is 0 Å². The second kappa shape index (κ2) is 17.2. The van der Waals surface area contributed by atoms with E-state index in [9.17, 15) is 0 Å². The molecule has 6 atom stereocenters. The number of rotatable bonds is 14. The van der Waals surface area contributed by atoms with E-state index in [1.165, 1.54) is 15.9 Å². The summed E-state index contributed by atoms with van der Waals surface area (Å²) in [6.07, 6.45) is 8.66. The SMILES string of the molecule is C[C@@H]1C[C@@H](OCc2ccccc2)[C@@H](CCOCc2ccccc2)O[C@@]12CC[C@@]1(CC=C[C@@H](CCO[Si](c3ccccc3)(c3ccccc3)C(C)(C)C)O1)O2. The summed E-state index contributed by atoms with van der Waals surface area (Å²) in [4.78, 5) is 0. The Morgan fingerprint density at radius 1 is 0.704 bits per heavy atom. The van der Waals surface area contributed by atoms with Crippen molar-refractivity contribution in [3.8, 4) is 0 Å². The standard InChI is InChI=1S/C47H58O6Si/c1-37-34-44(49-36-39-20-11-6-12-21-39)43(28-32-48-35-38-18-9-5-10-19-38)52-47(37)31-30-46(53-47)29-17-22-40(51-46)27-33-50-54(45(2,3)4,41-23-13-7-14-24-41)42-25-15-8-16-26-42/h5-26,37,40,43-44H,27-36H2,1-4H3/t37-,40+,43-,44-,46-,47-/m1/s1. The van der Waals surface area contributed by atoms with Crippen LogP contribution in [-0.4, -0.2) is 51.4 Å². The van der Waals surface area contributed by atoms with Crippen molar-refractivity contribution in [3.05, 3.63) is 145 Å². The summed E-state index contributed by atoms with van der Waals surface area (Å²) in [6.45, 7) is 11.5. The first kappa shape index (κ1) is 38.9.